The van der Waals surface area contributed by atoms with Crippen LogP contribution in [0.1, 0.15) is 34.6 Å². The lowest BCUT2D eigenvalue weighted by molar-refractivity contribution is -0.113. The molecule has 1 heterocycles. The van der Waals surface area contributed by atoms with E-state index in [0.29, 0.717) is 35.6 Å². The average Bonchev–Trinajstić information content (AvgIpc) is 3.05. The van der Waals surface area contributed by atoms with Crippen LogP contribution in [0.2, 0.25) is 0 Å². The van der Waals surface area contributed by atoms with Crippen molar-refractivity contribution in [2.45, 2.75) is 45.3 Å². The number of hydrogen-bond acceptors (Lipinski definition) is 7. The predicted molar refractivity (Wildman–Crippen MR) is 101 cm³/mol. The minimum absolute atomic E-state index is 0.173. The standard InChI is InChI=1S/C17H25N5O3S/c1-6-24-12-8-9-14(25-7-2)13(10-12)18-15(23)11-26-16-19-20-21-22(16)17(3,4)5/h8-10H,6-7,11H2,1-5H3,(H,18,23). The molecular formula is C17H25N5O3S. The molecule has 1 N–H and O–H groups in total. The summed E-state index contributed by atoms with van der Waals surface area (Å²) in [4.78, 5) is 12.4. The number of hydrogen-bond donors (Lipinski definition) is 1. The van der Waals surface area contributed by atoms with E-state index in [9.17, 15) is 4.79 Å². The molecule has 8 nitrogen and oxygen atoms in total. The summed E-state index contributed by atoms with van der Waals surface area (Å²) in [5.41, 5.74) is 0.329. The number of benzene rings is 1. The predicted octanol–water partition coefficient (Wildman–Crippen LogP) is 2.96. The highest BCUT2D eigenvalue weighted by Gasteiger charge is 2.21. The maximum atomic E-state index is 12.4. The Morgan fingerprint density at radius 1 is 1.23 bits per heavy atom. The molecule has 0 aliphatic heterocycles. The molecule has 26 heavy (non-hydrogen) atoms. The lowest BCUT2D eigenvalue weighted by atomic mass is 10.1. The first kappa shape index (κ1) is 20.0. The van der Waals surface area contributed by atoms with Gasteiger partial charge in [0.05, 0.1) is 30.2 Å². The van der Waals surface area contributed by atoms with Gasteiger partial charge in [-0.1, -0.05) is 11.8 Å². The van der Waals surface area contributed by atoms with Gasteiger partial charge in [-0.25, -0.2) is 4.68 Å². The smallest absolute Gasteiger partial charge is 0.234 e. The highest BCUT2D eigenvalue weighted by Crippen LogP contribution is 2.30. The quantitative estimate of drug-likeness (QED) is 0.705. The second-order valence-electron chi connectivity index (χ2n) is 6.40. The Kier molecular flexibility index (Phi) is 6.84. The van der Waals surface area contributed by atoms with E-state index >= 15 is 0 Å². The van der Waals surface area contributed by atoms with E-state index in [-0.39, 0.29) is 17.2 Å². The van der Waals surface area contributed by atoms with Gasteiger partial charge in [0.15, 0.2) is 0 Å². The van der Waals surface area contributed by atoms with Crippen LogP contribution in [0, 0.1) is 0 Å². The highest BCUT2D eigenvalue weighted by atomic mass is 32.2. The minimum Gasteiger partial charge on any atom is -0.494 e. The Balaban J connectivity index is 2.05. The molecule has 1 aromatic heterocycles. The molecule has 142 valence electrons. The summed E-state index contributed by atoms with van der Waals surface area (Å²) in [6.07, 6.45) is 0. The van der Waals surface area contributed by atoms with E-state index in [0.717, 1.165) is 0 Å². The summed E-state index contributed by atoms with van der Waals surface area (Å²) < 4.78 is 12.8. The first-order valence-corrected chi connectivity index (χ1v) is 9.44. The molecule has 0 aliphatic carbocycles. The fraction of sp³-hybridized carbons (Fsp3) is 0.529. The molecule has 1 aromatic carbocycles. The number of tetrazole rings is 1. The van der Waals surface area contributed by atoms with E-state index in [1.165, 1.54) is 11.8 Å². The number of nitrogens with zero attached hydrogens (tertiary/aromatic N) is 4. The number of nitrogens with one attached hydrogen (secondary N) is 1. The average molecular weight is 379 g/mol. The van der Waals surface area contributed by atoms with E-state index in [4.69, 9.17) is 9.47 Å². The van der Waals surface area contributed by atoms with Crippen molar-refractivity contribution in [1.82, 2.24) is 20.2 Å². The molecule has 0 spiro atoms. The fourth-order valence-corrected chi connectivity index (χ4v) is 3.01. The van der Waals surface area contributed by atoms with Crippen molar-refractivity contribution in [3.8, 4) is 11.5 Å². The number of amides is 1. The first-order chi connectivity index (χ1) is 12.3. The van der Waals surface area contributed by atoms with E-state index in [1.807, 2.05) is 40.7 Å². The monoisotopic (exact) mass is 379 g/mol. The van der Waals surface area contributed by atoms with Crippen LogP contribution in [-0.4, -0.2) is 45.1 Å². The SMILES string of the molecule is CCOc1ccc(OCC)c(NC(=O)CSc2nnnn2C(C)(C)C)c1. The van der Waals surface area contributed by atoms with Crippen LogP contribution in [0.25, 0.3) is 0 Å². The van der Waals surface area contributed by atoms with Gasteiger partial charge in [-0.05, 0) is 57.2 Å². The van der Waals surface area contributed by atoms with Crippen LogP contribution in [-0.2, 0) is 10.3 Å². The normalized spacial score (nSPS) is 11.3. The summed E-state index contributed by atoms with van der Waals surface area (Å²) in [6, 6.07) is 5.37. The molecule has 2 aromatic rings. The number of carbonyl (C=O) groups is 1. The van der Waals surface area contributed by atoms with Gasteiger partial charge in [-0.2, -0.15) is 0 Å². The molecule has 0 unspecified atom stereocenters. The molecule has 0 saturated carbocycles. The Labute approximate surface area is 157 Å². The Hall–Kier alpha value is -2.29. The Bertz CT molecular complexity index is 742. The van der Waals surface area contributed by atoms with E-state index < -0.39 is 0 Å². The molecule has 0 bridgehead atoms. The van der Waals surface area contributed by atoms with Gasteiger partial charge < -0.3 is 14.8 Å². The number of anilines is 1. The summed E-state index contributed by atoms with van der Waals surface area (Å²) in [5.74, 6) is 1.29. The molecule has 0 saturated heterocycles. The van der Waals surface area contributed by atoms with Crippen LogP contribution in [0.15, 0.2) is 23.4 Å². The zero-order valence-corrected chi connectivity index (χ0v) is 16.6. The van der Waals surface area contributed by atoms with Crippen LogP contribution < -0.4 is 14.8 Å². The minimum atomic E-state index is -0.254. The van der Waals surface area contributed by atoms with Crippen LogP contribution in [0.3, 0.4) is 0 Å². The molecule has 9 heteroatoms. The second-order valence-corrected chi connectivity index (χ2v) is 7.35. The number of carbonyl (C=O) groups excluding carboxylic acids is 1. The zero-order valence-electron chi connectivity index (χ0n) is 15.8. The number of thioether (sulfide) groups is 1. The van der Waals surface area contributed by atoms with Crippen molar-refractivity contribution < 1.29 is 14.3 Å². The third kappa shape index (κ3) is 5.35. The number of rotatable bonds is 8. The number of aromatic nitrogens is 4. The zero-order chi connectivity index (χ0) is 19.2. The largest absolute Gasteiger partial charge is 0.494 e. The van der Waals surface area contributed by atoms with Crippen LogP contribution in [0.4, 0.5) is 5.69 Å². The van der Waals surface area contributed by atoms with Crippen molar-refractivity contribution in [3.63, 3.8) is 0 Å². The topological polar surface area (TPSA) is 91.2 Å². The molecule has 1 amide bonds. The fourth-order valence-electron chi connectivity index (χ4n) is 2.15. The number of ether oxygens (including phenoxy) is 2. The third-order valence-corrected chi connectivity index (χ3v) is 4.16. The third-order valence-electron chi connectivity index (χ3n) is 3.24. The molecule has 0 radical (unpaired) electrons. The van der Waals surface area contributed by atoms with E-state index in [1.54, 1.807) is 16.8 Å². The van der Waals surface area contributed by atoms with Crippen molar-refractivity contribution in [1.29, 1.82) is 0 Å². The molecule has 0 fully saturated rings. The lowest BCUT2D eigenvalue weighted by Gasteiger charge is -2.19. The van der Waals surface area contributed by atoms with Gasteiger partial charge >= 0.3 is 0 Å². The molecular weight excluding hydrogens is 354 g/mol. The maximum absolute atomic E-state index is 12.4. The summed E-state index contributed by atoms with van der Waals surface area (Å²) in [5, 5.41) is 15.1. The van der Waals surface area contributed by atoms with Crippen molar-refractivity contribution in [2.75, 3.05) is 24.3 Å². The summed E-state index contributed by atoms with van der Waals surface area (Å²) in [7, 11) is 0. The van der Waals surface area contributed by atoms with Crippen LogP contribution in [0.5, 0.6) is 11.5 Å². The highest BCUT2D eigenvalue weighted by molar-refractivity contribution is 7.99. The van der Waals surface area contributed by atoms with Crippen molar-refractivity contribution in [2.24, 2.45) is 0 Å². The van der Waals surface area contributed by atoms with Gasteiger partial charge in [0.2, 0.25) is 11.1 Å². The molecule has 0 aliphatic rings. The van der Waals surface area contributed by atoms with Gasteiger partial charge in [-0.15, -0.1) is 5.10 Å². The second kappa shape index (κ2) is 8.88. The van der Waals surface area contributed by atoms with Gasteiger partial charge in [0.25, 0.3) is 0 Å². The van der Waals surface area contributed by atoms with Gasteiger partial charge in [0.1, 0.15) is 11.5 Å². The van der Waals surface area contributed by atoms with Crippen molar-refractivity contribution >= 4 is 23.4 Å². The summed E-state index contributed by atoms with van der Waals surface area (Å²) >= 11 is 1.28. The molecule has 0 atom stereocenters. The van der Waals surface area contributed by atoms with Gasteiger partial charge in [0, 0.05) is 6.07 Å². The van der Waals surface area contributed by atoms with E-state index in [2.05, 4.69) is 20.8 Å². The van der Waals surface area contributed by atoms with Crippen LogP contribution >= 0.6 is 11.8 Å². The Morgan fingerprint density at radius 2 is 1.96 bits per heavy atom. The first-order valence-electron chi connectivity index (χ1n) is 8.46. The molecule has 2 rings (SSSR count). The Morgan fingerprint density at radius 3 is 2.62 bits per heavy atom. The summed E-state index contributed by atoms with van der Waals surface area (Å²) in [6.45, 7) is 10.9. The maximum Gasteiger partial charge on any atom is 0.234 e. The van der Waals surface area contributed by atoms with Crippen molar-refractivity contribution in [3.05, 3.63) is 18.2 Å². The van der Waals surface area contributed by atoms with Gasteiger partial charge in [-0.3, -0.25) is 4.79 Å². The lowest BCUT2D eigenvalue weighted by Crippen LogP contribution is -2.24.